The van der Waals surface area contributed by atoms with Gasteiger partial charge >= 0.3 is 0 Å². The predicted molar refractivity (Wildman–Crippen MR) is 92.9 cm³/mol. The van der Waals surface area contributed by atoms with Gasteiger partial charge in [-0.3, -0.25) is 0 Å². The van der Waals surface area contributed by atoms with E-state index in [2.05, 4.69) is 0 Å². The number of phenolic OH excluding ortho intramolecular Hbond substituents is 1. The van der Waals surface area contributed by atoms with Gasteiger partial charge in [-0.1, -0.05) is 12.2 Å². The minimum absolute atomic E-state index is 0.113. The predicted octanol–water partition coefficient (Wildman–Crippen LogP) is 4.33. The Balaban J connectivity index is 1.98. The van der Waals surface area contributed by atoms with E-state index < -0.39 is 0 Å². The van der Waals surface area contributed by atoms with Crippen molar-refractivity contribution in [2.24, 2.45) is 0 Å². The van der Waals surface area contributed by atoms with Crippen molar-refractivity contribution in [3.63, 3.8) is 0 Å². The van der Waals surface area contributed by atoms with E-state index in [1.807, 2.05) is 36.4 Å². The number of phenols is 1. The van der Waals surface area contributed by atoms with Crippen molar-refractivity contribution in [1.29, 1.82) is 0 Å². The van der Waals surface area contributed by atoms with Gasteiger partial charge in [0.2, 0.25) is 5.75 Å². The van der Waals surface area contributed by atoms with Crippen molar-refractivity contribution in [3.05, 3.63) is 47.7 Å². The van der Waals surface area contributed by atoms with Gasteiger partial charge in [0.25, 0.3) is 0 Å². The summed E-state index contributed by atoms with van der Waals surface area (Å²) in [6.07, 6.45) is 5.36. The number of hydrogen-bond acceptors (Lipinski definition) is 5. The molecule has 24 heavy (non-hydrogen) atoms. The van der Waals surface area contributed by atoms with Gasteiger partial charge in [0, 0.05) is 5.39 Å². The molecule has 0 aliphatic carbocycles. The summed E-state index contributed by atoms with van der Waals surface area (Å²) in [6, 6.07) is 9.11. The summed E-state index contributed by atoms with van der Waals surface area (Å²) in [4.78, 5) is 0. The Morgan fingerprint density at radius 1 is 0.875 bits per heavy atom. The van der Waals surface area contributed by atoms with Gasteiger partial charge in [0.15, 0.2) is 22.8 Å². The number of furan rings is 1. The zero-order chi connectivity index (χ0) is 17.1. The number of hydrogen-bond donors (Lipinski definition) is 1. The largest absolute Gasteiger partial charge is 0.504 e. The fourth-order valence-electron chi connectivity index (χ4n) is 2.57. The average molecular weight is 326 g/mol. The van der Waals surface area contributed by atoms with Crippen LogP contribution in [-0.2, 0) is 0 Å². The number of methoxy groups -OCH3 is 3. The van der Waals surface area contributed by atoms with E-state index in [-0.39, 0.29) is 5.75 Å². The van der Waals surface area contributed by atoms with E-state index in [9.17, 15) is 5.11 Å². The summed E-state index contributed by atoms with van der Waals surface area (Å²) >= 11 is 0. The maximum Gasteiger partial charge on any atom is 0.203 e. The van der Waals surface area contributed by atoms with Crippen LogP contribution in [0.2, 0.25) is 0 Å². The van der Waals surface area contributed by atoms with Crippen LogP contribution < -0.4 is 14.2 Å². The molecule has 2 aromatic carbocycles. The summed E-state index contributed by atoms with van der Waals surface area (Å²) in [5.41, 5.74) is 2.23. The molecule has 0 fully saturated rings. The Labute approximate surface area is 139 Å². The van der Waals surface area contributed by atoms with E-state index in [1.54, 1.807) is 33.7 Å². The molecule has 5 nitrogen and oxygen atoms in total. The van der Waals surface area contributed by atoms with E-state index >= 15 is 0 Å². The molecule has 1 aromatic heterocycles. The van der Waals surface area contributed by atoms with E-state index in [0.29, 0.717) is 22.8 Å². The Morgan fingerprint density at radius 2 is 1.50 bits per heavy atom. The molecular formula is C19H18O5. The van der Waals surface area contributed by atoms with Crippen LogP contribution in [-0.4, -0.2) is 26.4 Å². The molecule has 0 aliphatic heterocycles. The number of rotatable bonds is 5. The molecule has 1 heterocycles. The Morgan fingerprint density at radius 3 is 2.08 bits per heavy atom. The minimum Gasteiger partial charge on any atom is -0.504 e. The van der Waals surface area contributed by atoms with Crippen molar-refractivity contribution in [2.45, 2.75) is 0 Å². The zero-order valence-corrected chi connectivity index (χ0v) is 13.7. The highest BCUT2D eigenvalue weighted by atomic mass is 16.5. The fraction of sp³-hybridized carbons (Fsp3) is 0.158. The Bertz CT molecular complexity index is 867. The highest BCUT2D eigenvalue weighted by Gasteiger charge is 2.12. The molecule has 5 heteroatoms. The molecule has 3 aromatic rings. The van der Waals surface area contributed by atoms with Crippen LogP contribution in [0.4, 0.5) is 0 Å². The highest BCUT2D eigenvalue weighted by Crippen LogP contribution is 2.38. The van der Waals surface area contributed by atoms with Gasteiger partial charge in [0.1, 0.15) is 0 Å². The molecular weight excluding hydrogens is 308 g/mol. The maximum absolute atomic E-state index is 9.99. The molecule has 0 atom stereocenters. The molecule has 0 bridgehead atoms. The first-order chi connectivity index (χ1) is 11.7. The number of aromatic hydroxyl groups is 1. The summed E-state index contributed by atoms with van der Waals surface area (Å²) < 4.78 is 21.2. The average Bonchev–Trinajstić information content (AvgIpc) is 3.08. The van der Waals surface area contributed by atoms with Crippen molar-refractivity contribution in [3.8, 4) is 23.0 Å². The minimum atomic E-state index is 0.113. The normalized spacial score (nSPS) is 11.1. The molecule has 0 saturated heterocycles. The summed E-state index contributed by atoms with van der Waals surface area (Å²) in [6.45, 7) is 0. The van der Waals surface area contributed by atoms with Gasteiger partial charge in [-0.05, 0) is 41.5 Å². The lowest BCUT2D eigenvalue weighted by molar-refractivity contribution is 0.324. The second-order valence-corrected chi connectivity index (χ2v) is 5.17. The Kier molecular flexibility index (Phi) is 4.33. The number of fused-ring (bicyclic) bond motifs is 1. The molecule has 0 amide bonds. The van der Waals surface area contributed by atoms with E-state index in [4.69, 9.17) is 18.6 Å². The van der Waals surface area contributed by atoms with Crippen LogP contribution in [0.1, 0.15) is 11.1 Å². The first-order valence-electron chi connectivity index (χ1n) is 7.34. The molecule has 0 spiro atoms. The monoisotopic (exact) mass is 326 g/mol. The third-order valence-electron chi connectivity index (χ3n) is 3.71. The smallest absolute Gasteiger partial charge is 0.203 e. The van der Waals surface area contributed by atoms with Crippen LogP contribution in [0.15, 0.2) is 41.0 Å². The zero-order valence-electron chi connectivity index (χ0n) is 13.7. The van der Waals surface area contributed by atoms with Crippen molar-refractivity contribution >= 4 is 23.1 Å². The van der Waals surface area contributed by atoms with Crippen LogP contribution in [0, 0.1) is 0 Å². The van der Waals surface area contributed by atoms with E-state index in [1.165, 1.54) is 0 Å². The van der Waals surface area contributed by atoms with Crippen LogP contribution in [0.25, 0.3) is 23.1 Å². The van der Waals surface area contributed by atoms with Crippen LogP contribution in [0.3, 0.4) is 0 Å². The lowest BCUT2D eigenvalue weighted by Gasteiger charge is -2.12. The molecule has 0 radical (unpaired) electrons. The first-order valence-corrected chi connectivity index (χ1v) is 7.34. The first kappa shape index (κ1) is 15.8. The number of benzene rings is 2. The van der Waals surface area contributed by atoms with Gasteiger partial charge in [0.05, 0.1) is 27.6 Å². The van der Waals surface area contributed by atoms with Gasteiger partial charge in [-0.2, -0.15) is 0 Å². The second-order valence-electron chi connectivity index (χ2n) is 5.17. The summed E-state index contributed by atoms with van der Waals surface area (Å²) in [5.74, 6) is 1.84. The van der Waals surface area contributed by atoms with E-state index in [0.717, 1.165) is 16.5 Å². The lowest BCUT2D eigenvalue weighted by atomic mass is 10.1. The molecule has 1 N–H and O–H groups in total. The molecule has 0 saturated carbocycles. The molecule has 124 valence electrons. The third kappa shape index (κ3) is 2.88. The molecule has 0 unspecified atom stereocenters. The quantitative estimate of drug-likeness (QED) is 0.707. The summed E-state index contributed by atoms with van der Waals surface area (Å²) in [7, 11) is 4.73. The highest BCUT2D eigenvalue weighted by molar-refractivity contribution is 5.87. The molecule has 0 aliphatic rings. The summed E-state index contributed by atoms with van der Waals surface area (Å²) in [5, 5.41) is 10.8. The second kappa shape index (κ2) is 6.58. The van der Waals surface area contributed by atoms with Crippen LogP contribution in [0.5, 0.6) is 23.0 Å². The van der Waals surface area contributed by atoms with Crippen molar-refractivity contribution in [2.75, 3.05) is 21.3 Å². The molecule has 3 rings (SSSR count). The van der Waals surface area contributed by atoms with Crippen LogP contribution >= 0.6 is 0 Å². The topological polar surface area (TPSA) is 61.1 Å². The standard InChI is InChI=1S/C19H18O5/c1-21-16-10-13(11-17(22-2)19(16)23-3)5-4-12-8-14-6-7-24-18(14)15(20)9-12/h4-11,20H,1-3H3/b5-4+. The van der Waals surface area contributed by atoms with Crippen molar-refractivity contribution < 1.29 is 23.7 Å². The van der Waals surface area contributed by atoms with Gasteiger partial charge < -0.3 is 23.7 Å². The van der Waals surface area contributed by atoms with Gasteiger partial charge in [-0.15, -0.1) is 0 Å². The number of ether oxygens (including phenoxy) is 3. The lowest BCUT2D eigenvalue weighted by Crippen LogP contribution is -1.95. The third-order valence-corrected chi connectivity index (χ3v) is 3.71. The Hall–Kier alpha value is -3.08. The van der Waals surface area contributed by atoms with Gasteiger partial charge in [-0.25, -0.2) is 0 Å². The SMILES string of the molecule is COc1cc(/C=C/c2cc(O)c3occc3c2)cc(OC)c1OC. The fourth-order valence-corrected chi connectivity index (χ4v) is 2.57. The van der Waals surface area contributed by atoms with Crippen molar-refractivity contribution in [1.82, 2.24) is 0 Å². The maximum atomic E-state index is 9.99.